The molecule has 0 aliphatic heterocycles. The molecule has 0 saturated carbocycles. The highest BCUT2D eigenvalue weighted by atomic mass is 79.9. The lowest BCUT2D eigenvalue weighted by atomic mass is 10.2. The van der Waals surface area contributed by atoms with Gasteiger partial charge in [0.25, 0.3) is 0 Å². The van der Waals surface area contributed by atoms with E-state index in [-0.39, 0.29) is 17.6 Å². The van der Waals surface area contributed by atoms with E-state index >= 15 is 0 Å². The maximum absolute atomic E-state index is 12.4. The summed E-state index contributed by atoms with van der Waals surface area (Å²) in [4.78, 5) is 17.1. The molecule has 2 aromatic heterocycles. The van der Waals surface area contributed by atoms with E-state index in [1.165, 1.54) is 11.8 Å². The predicted octanol–water partition coefficient (Wildman–Crippen LogP) is 4.89. The Balaban J connectivity index is 1.64. The molecule has 0 spiro atoms. The summed E-state index contributed by atoms with van der Waals surface area (Å²) in [5.41, 5.74) is 3.25. The van der Waals surface area contributed by atoms with Gasteiger partial charge in [0.1, 0.15) is 10.9 Å². The van der Waals surface area contributed by atoms with Gasteiger partial charge in [-0.05, 0) is 30.3 Å². The number of nitrogens with one attached hydrogen (secondary N) is 1. The minimum Gasteiger partial charge on any atom is -0.325 e. The van der Waals surface area contributed by atoms with Crippen LogP contribution in [0.2, 0.25) is 0 Å². The van der Waals surface area contributed by atoms with Gasteiger partial charge in [0.05, 0.1) is 16.8 Å². The van der Waals surface area contributed by atoms with Crippen LogP contribution in [0.15, 0.2) is 58.0 Å². The lowest BCUT2D eigenvalue weighted by Gasteiger charge is -2.10. The lowest BCUT2D eigenvalue weighted by molar-refractivity contribution is -0.113. The molecule has 8 heteroatoms. The average Bonchev–Trinajstić information content (AvgIpc) is 3.12. The van der Waals surface area contributed by atoms with Crippen LogP contribution in [0.4, 0.5) is 5.69 Å². The Kier molecular flexibility index (Phi) is 5.32. The quantitative estimate of drug-likeness (QED) is 0.433. The molecule has 2 aromatic carbocycles. The van der Waals surface area contributed by atoms with Crippen LogP contribution in [-0.2, 0) is 4.79 Å². The Morgan fingerprint density at radius 2 is 2.00 bits per heavy atom. The highest BCUT2D eigenvalue weighted by molar-refractivity contribution is 9.10. The average molecular weight is 456 g/mol. The van der Waals surface area contributed by atoms with Crippen LogP contribution in [0.5, 0.6) is 0 Å². The number of para-hydroxylation sites is 2. The topological polar surface area (TPSA) is 72.2 Å². The lowest BCUT2D eigenvalue weighted by Crippen LogP contribution is -2.14. The zero-order chi connectivity index (χ0) is 19.7. The van der Waals surface area contributed by atoms with Gasteiger partial charge in [0.15, 0.2) is 5.65 Å². The molecular formula is C20H18BrN5OS. The molecule has 0 radical (unpaired) electrons. The summed E-state index contributed by atoms with van der Waals surface area (Å²) in [6.45, 7) is 4.17. The van der Waals surface area contributed by atoms with Crippen molar-refractivity contribution in [3.8, 4) is 0 Å². The first-order valence-electron chi connectivity index (χ1n) is 8.85. The number of hydrogen-bond donors (Lipinski definition) is 1. The number of fused-ring (bicyclic) bond motifs is 3. The molecule has 0 fully saturated rings. The highest BCUT2D eigenvalue weighted by Crippen LogP contribution is 2.28. The second-order valence-electron chi connectivity index (χ2n) is 6.62. The number of anilines is 1. The summed E-state index contributed by atoms with van der Waals surface area (Å²) in [5.74, 6) is 1.24. The minimum atomic E-state index is -0.0974. The van der Waals surface area contributed by atoms with E-state index in [4.69, 9.17) is 4.98 Å². The van der Waals surface area contributed by atoms with Crippen molar-refractivity contribution in [1.29, 1.82) is 0 Å². The van der Waals surface area contributed by atoms with Crippen LogP contribution in [0.1, 0.15) is 25.6 Å². The number of amides is 1. The standard InChI is InChI=1S/C20H18BrN5OS/c1-12(2)18-24-25-19-20(23-15-8-3-4-9-16(15)26(18)19)28-11-17(27)22-14-7-5-6-13(21)10-14/h3-10,12H,11H2,1-2H3,(H,22,27). The Morgan fingerprint density at radius 3 is 2.79 bits per heavy atom. The summed E-state index contributed by atoms with van der Waals surface area (Å²) < 4.78 is 2.96. The molecule has 0 atom stereocenters. The van der Waals surface area contributed by atoms with E-state index in [1.807, 2.05) is 52.9 Å². The zero-order valence-electron chi connectivity index (χ0n) is 15.4. The Morgan fingerprint density at radius 1 is 1.18 bits per heavy atom. The molecule has 2 heterocycles. The number of nitrogens with zero attached hydrogens (tertiary/aromatic N) is 4. The smallest absolute Gasteiger partial charge is 0.234 e. The van der Waals surface area contributed by atoms with E-state index in [2.05, 4.69) is 45.3 Å². The molecule has 142 valence electrons. The number of benzene rings is 2. The number of rotatable bonds is 5. The molecule has 6 nitrogen and oxygen atoms in total. The van der Waals surface area contributed by atoms with Crippen molar-refractivity contribution >= 4 is 56.0 Å². The van der Waals surface area contributed by atoms with Gasteiger partial charge in [-0.2, -0.15) is 0 Å². The molecule has 0 bridgehead atoms. The summed E-state index contributed by atoms with van der Waals surface area (Å²) >= 11 is 4.77. The van der Waals surface area contributed by atoms with Gasteiger partial charge in [-0.25, -0.2) is 4.98 Å². The number of hydrogen-bond acceptors (Lipinski definition) is 5. The van der Waals surface area contributed by atoms with Gasteiger partial charge in [-0.3, -0.25) is 9.20 Å². The van der Waals surface area contributed by atoms with Crippen molar-refractivity contribution in [3.05, 3.63) is 58.8 Å². The molecule has 4 aromatic rings. The van der Waals surface area contributed by atoms with Crippen molar-refractivity contribution in [2.24, 2.45) is 0 Å². The normalized spacial score (nSPS) is 11.4. The zero-order valence-corrected chi connectivity index (χ0v) is 17.8. The first kappa shape index (κ1) is 18.9. The number of halogens is 1. The molecule has 28 heavy (non-hydrogen) atoms. The number of thioether (sulfide) groups is 1. The van der Waals surface area contributed by atoms with Gasteiger partial charge < -0.3 is 5.32 Å². The van der Waals surface area contributed by atoms with Gasteiger partial charge in [0, 0.05) is 16.1 Å². The Labute approximate surface area is 174 Å². The Hall–Kier alpha value is -2.45. The maximum Gasteiger partial charge on any atom is 0.234 e. The molecule has 0 saturated heterocycles. The Bertz CT molecular complexity index is 1170. The molecule has 0 aliphatic rings. The molecule has 0 aliphatic carbocycles. The van der Waals surface area contributed by atoms with E-state index in [0.29, 0.717) is 10.7 Å². The number of carbonyl (C=O) groups excluding carboxylic acids is 1. The third-order valence-corrected chi connectivity index (χ3v) is 5.64. The second-order valence-corrected chi connectivity index (χ2v) is 8.50. The monoisotopic (exact) mass is 455 g/mol. The number of carbonyl (C=O) groups is 1. The van der Waals surface area contributed by atoms with Crippen molar-refractivity contribution in [2.75, 3.05) is 11.1 Å². The molecule has 1 amide bonds. The van der Waals surface area contributed by atoms with Gasteiger partial charge in [-0.1, -0.05) is 59.7 Å². The van der Waals surface area contributed by atoms with Crippen LogP contribution in [0, 0.1) is 0 Å². The van der Waals surface area contributed by atoms with Gasteiger partial charge >= 0.3 is 0 Å². The summed E-state index contributed by atoms with van der Waals surface area (Å²) in [7, 11) is 0. The van der Waals surface area contributed by atoms with Crippen LogP contribution in [0.25, 0.3) is 16.7 Å². The number of aromatic nitrogens is 4. The SMILES string of the molecule is CC(C)c1nnc2c(SCC(=O)Nc3cccc(Br)c3)nc3ccccc3n12. The van der Waals surface area contributed by atoms with Crippen LogP contribution in [0.3, 0.4) is 0 Å². The molecule has 1 N–H and O–H groups in total. The van der Waals surface area contributed by atoms with E-state index in [9.17, 15) is 4.79 Å². The summed E-state index contributed by atoms with van der Waals surface area (Å²) in [6.07, 6.45) is 0. The third-order valence-electron chi connectivity index (χ3n) is 4.19. The van der Waals surface area contributed by atoms with Crippen molar-refractivity contribution in [1.82, 2.24) is 19.6 Å². The van der Waals surface area contributed by atoms with E-state index < -0.39 is 0 Å². The first-order chi connectivity index (χ1) is 13.5. The van der Waals surface area contributed by atoms with Gasteiger partial charge in [0.2, 0.25) is 5.91 Å². The van der Waals surface area contributed by atoms with E-state index in [1.54, 1.807) is 0 Å². The molecular weight excluding hydrogens is 438 g/mol. The second kappa shape index (κ2) is 7.89. The predicted molar refractivity (Wildman–Crippen MR) is 116 cm³/mol. The van der Waals surface area contributed by atoms with Crippen molar-refractivity contribution in [2.45, 2.75) is 24.8 Å². The van der Waals surface area contributed by atoms with Crippen LogP contribution in [-0.4, -0.2) is 31.2 Å². The third kappa shape index (κ3) is 3.74. The van der Waals surface area contributed by atoms with Crippen LogP contribution < -0.4 is 5.32 Å². The summed E-state index contributed by atoms with van der Waals surface area (Å²) in [6, 6.07) is 15.4. The summed E-state index contributed by atoms with van der Waals surface area (Å²) in [5, 5.41) is 12.3. The first-order valence-corrected chi connectivity index (χ1v) is 10.6. The largest absolute Gasteiger partial charge is 0.325 e. The van der Waals surface area contributed by atoms with E-state index in [0.717, 1.165) is 27.0 Å². The minimum absolute atomic E-state index is 0.0974. The molecule has 4 rings (SSSR count). The molecule has 0 unspecified atom stereocenters. The van der Waals surface area contributed by atoms with Gasteiger partial charge in [-0.15, -0.1) is 10.2 Å². The highest BCUT2D eigenvalue weighted by Gasteiger charge is 2.18. The van der Waals surface area contributed by atoms with Crippen molar-refractivity contribution < 1.29 is 4.79 Å². The fourth-order valence-corrected chi connectivity index (χ4v) is 4.11. The fraction of sp³-hybridized carbons (Fsp3) is 0.200. The fourth-order valence-electron chi connectivity index (χ4n) is 2.95. The maximum atomic E-state index is 12.4. The van der Waals surface area contributed by atoms with Crippen LogP contribution >= 0.6 is 27.7 Å². The van der Waals surface area contributed by atoms with Crippen molar-refractivity contribution in [3.63, 3.8) is 0 Å².